The number of urea groups is 1. The second kappa shape index (κ2) is 15.9. The number of hydrogen-bond donors (Lipinski definition) is 5. The van der Waals surface area contributed by atoms with Crippen LogP contribution in [0.1, 0.15) is 53.0 Å². The molecule has 12 heteroatoms. The number of quaternary nitrogens is 1. The van der Waals surface area contributed by atoms with Crippen molar-refractivity contribution < 1.29 is 29.6 Å². The number of carbonyl (C=O) groups excluding carboxylic acids is 4. The maximum absolute atomic E-state index is 13.0. The highest BCUT2D eigenvalue weighted by Gasteiger charge is 2.27. The molecule has 0 aliphatic rings. The van der Waals surface area contributed by atoms with Gasteiger partial charge in [0.15, 0.2) is 6.04 Å². The standard InChI is InChI=1S/C27H47N7O5/c1-18(2)22(28)24(36)32-21(9-8-14-30-25(29)37)23(35)31-20-12-10-19(11-13-20)17-39-26(38)33(6)15-16-34(7)27(3,4)5/h10-13,18,21-22H,8-9,14-17,28H2,1-7H3,(H,31,35)(H,32,36)(H3,29,30,37)/p+1. The van der Waals surface area contributed by atoms with Crippen molar-refractivity contribution >= 4 is 29.6 Å². The summed E-state index contributed by atoms with van der Waals surface area (Å²) in [5, 5.41) is 8.05. The van der Waals surface area contributed by atoms with Gasteiger partial charge in [-0.2, -0.15) is 0 Å². The van der Waals surface area contributed by atoms with E-state index in [1.54, 1.807) is 36.2 Å². The molecule has 0 fully saturated rings. The van der Waals surface area contributed by atoms with E-state index in [0.29, 0.717) is 25.1 Å². The summed E-state index contributed by atoms with van der Waals surface area (Å²) in [7, 11) is 3.72. The Labute approximate surface area is 232 Å². The Kier molecular flexibility index (Phi) is 13.7. The highest BCUT2D eigenvalue weighted by molar-refractivity contribution is 5.97. The highest BCUT2D eigenvalue weighted by atomic mass is 16.6. The van der Waals surface area contributed by atoms with Gasteiger partial charge >= 0.3 is 12.1 Å². The number of anilines is 1. The van der Waals surface area contributed by atoms with Crippen molar-refractivity contribution in [3.05, 3.63) is 29.8 Å². The van der Waals surface area contributed by atoms with Crippen molar-refractivity contribution in [2.75, 3.05) is 39.0 Å². The number of carbonyl (C=O) groups is 4. The molecule has 0 aromatic heterocycles. The smallest absolute Gasteiger partial charge is 0.409 e. The van der Waals surface area contributed by atoms with Crippen molar-refractivity contribution in [2.24, 2.45) is 11.7 Å². The van der Waals surface area contributed by atoms with Gasteiger partial charge in [0, 0.05) is 43.8 Å². The lowest BCUT2D eigenvalue weighted by atomic mass is 10.0. The Hall–Kier alpha value is -3.38. The Morgan fingerprint density at radius 2 is 1.64 bits per heavy atom. The maximum atomic E-state index is 13.0. The molecule has 39 heavy (non-hydrogen) atoms. The summed E-state index contributed by atoms with van der Waals surface area (Å²) in [4.78, 5) is 52.5. The highest BCUT2D eigenvalue weighted by Crippen LogP contribution is 2.13. The molecule has 0 spiro atoms. The number of benzene rings is 1. The minimum atomic E-state index is -0.816. The molecule has 1 aromatic carbocycles. The number of ether oxygens (including phenoxy) is 1. The van der Waals surface area contributed by atoms with Gasteiger partial charge in [-0.3, -0.25) is 14.5 Å². The summed E-state index contributed by atoms with van der Waals surface area (Å²) in [6.07, 6.45) is 0.329. The normalized spacial score (nSPS) is 13.0. The summed E-state index contributed by atoms with van der Waals surface area (Å²) in [6.45, 7) is 11.7. The van der Waals surface area contributed by atoms with Gasteiger partial charge in [-0.15, -0.1) is 0 Å². The minimum Gasteiger partial charge on any atom is -0.445 e. The van der Waals surface area contributed by atoms with Crippen LogP contribution in [0.2, 0.25) is 0 Å². The SMILES string of the molecule is CC(C)C([NH3+])C(=O)NC(CCCNC(N)=O)C(=O)Nc1ccc(COC(=O)N(C)CCN(C)C(C)(C)C)cc1. The van der Waals surface area contributed by atoms with Crippen LogP contribution in [0.15, 0.2) is 24.3 Å². The van der Waals surface area contributed by atoms with Crippen LogP contribution in [0.25, 0.3) is 0 Å². The van der Waals surface area contributed by atoms with Crippen LogP contribution >= 0.6 is 0 Å². The van der Waals surface area contributed by atoms with E-state index >= 15 is 0 Å². The average molecular weight is 551 g/mol. The third-order valence-corrected chi connectivity index (χ3v) is 6.55. The van der Waals surface area contributed by atoms with E-state index < -0.39 is 24.2 Å². The lowest BCUT2D eigenvalue weighted by molar-refractivity contribution is -0.414. The minimum absolute atomic E-state index is 0.0106. The summed E-state index contributed by atoms with van der Waals surface area (Å²) < 4.78 is 5.41. The summed E-state index contributed by atoms with van der Waals surface area (Å²) >= 11 is 0. The summed E-state index contributed by atoms with van der Waals surface area (Å²) in [5.41, 5.74) is 10.3. The van der Waals surface area contributed by atoms with Gasteiger partial charge in [0.05, 0.1) is 0 Å². The predicted octanol–water partition coefficient (Wildman–Crippen LogP) is 1.12. The number of amides is 5. The van der Waals surface area contributed by atoms with E-state index in [0.717, 1.165) is 12.1 Å². The summed E-state index contributed by atoms with van der Waals surface area (Å²) in [5.74, 6) is -0.698. The molecule has 0 radical (unpaired) electrons. The number of primary amides is 1. The third kappa shape index (κ3) is 12.8. The van der Waals surface area contributed by atoms with E-state index in [9.17, 15) is 19.2 Å². The van der Waals surface area contributed by atoms with Crippen LogP contribution < -0.4 is 27.4 Å². The van der Waals surface area contributed by atoms with Crippen LogP contribution in [0.3, 0.4) is 0 Å². The first-order valence-electron chi connectivity index (χ1n) is 13.3. The molecule has 2 unspecified atom stereocenters. The molecule has 1 rings (SSSR count). The monoisotopic (exact) mass is 550 g/mol. The van der Waals surface area contributed by atoms with E-state index in [1.807, 2.05) is 20.9 Å². The quantitative estimate of drug-likeness (QED) is 0.217. The molecule has 0 saturated heterocycles. The van der Waals surface area contributed by atoms with E-state index in [4.69, 9.17) is 10.5 Å². The topological polar surface area (TPSA) is 174 Å². The first-order chi connectivity index (χ1) is 18.1. The number of nitrogens with two attached hydrogens (primary N) is 1. The molecule has 12 nitrogen and oxygen atoms in total. The molecule has 0 aliphatic carbocycles. The number of nitrogens with zero attached hydrogens (tertiary/aromatic N) is 2. The molecule has 220 valence electrons. The van der Waals surface area contributed by atoms with Gasteiger partial charge in [0.1, 0.15) is 12.6 Å². The number of likely N-dealkylation sites (N-methyl/N-ethyl adjacent to an activating group) is 2. The largest absolute Gasteiger partial charge is 0.445 e. The molecule has 0 saturated carbocycles. The van der Waals surface area contributed by atoms with Crippen molar-refractivity contribution in [3.8, 4) is 0 Å². The predicted molar refractivity (Wildman–Crippen MR) is 151 cm³/mol. The maximum Gasteiger partial charge on any atom is 0.409 e. The van der Waals surface area contributed by atoms with Gasteiger partial charge in [0.25, 0.3) is 5.91 Å². The van der Waals surface area contributed by atoms with Gasteiger partial charge in [-0.25, -0.2) is 9.59 Å². The molecule has 0 aliphatic heterocycles. The second-order valence-corrected chi connectivity index (χ2v) is 11.1. The molecule has 0 heterocycles. The Balaban J connectivity index is 2.68. The van der Waals surface area contributed by atoms with Gasteiger partial charge in [-0.05, 0) is 58.4 Å². The fourth-order valence-corrected chi connectivity index (χ4v) is 3.26. The fraction of sp³-hybridized carbons (Fsp3) is 0.630. The Morgan fingerprint density at radius 1 is 1.03 bits per heavy atom. The molecular weight excluding hydrogens is 502 g/mol. The lowest BCUT2D eigenvalue weighted by Crippen LogP contribution is -2.70. The third-order valence-electron chi connectivity index (χ3n) is 6.55. The zero-order chi connectivity index (χ0) is 29.8. The first kappa shape index (κ1) is 33.6. The van der Waals surface area contributed by atoms with Crippen molar-refractivity contribution in [2.45, 2.75) is 71.7 Å². The second-order valence-electron chi connectivity index (χ2n) is 11.1. The van der Waals surface area contributed by atoms with Gasteiger partial charge in [-0.1, -0.05) is 26.0 Å². The molecule has 2 atom stereocenters. The first-order valence-corrected chi connectivity index (χ1v) is 13.3. The van der Waals surface area contributed by atoms with Gasteiger partial charge < -0.3 is 37.1 Å². The fourth-order valence-electron chi connectivity index (χ4n) is 3.26. The van der Waals surface area contributed by atoms with E-state index in [1.165, 1.54) is 0 Å². The molecule has 5 amide bonds. The Morgan fingerprint density at radius 3 is 2.18 bits per heavy atom. The van der Waals surface area contributed by atoms with Crippen LogP contribution in [0.5, 0.6) is 0 Å². The van der Waals surface area contributed by atoms with Crippen LogP contribution in [0.4, 0.5) is 15.3 Å². The molecular formula is C27H48N7O5+. The van der Waals surface area contributed by atoms with E-state index in [2.05, 4.69) is 47.4 Å². The number of hydrogen-bond acceptors (Lipinski definition) is 6. The Bertz CT molecular complexity index is 947. The molecule has 1 aromatic rings. The van der Waals surface area contributed by atoms with Crippen molar-refractivity contribution in [1.82, 2.24) is 20.4 Å². The number of nitrogens with one attached hydrogen (secondary N) is 3. The molecule has 8 N–H and O–H groups in total. The zero-order valence-corrected chi connectivity index (χ0v) is 24.5. The molecule has 0 bridgehead atoms. The van der Waals surface area contributed by atoms with Crippen molar-refractivity contribution in [3.63, 3.8) is 0 Å². The van der Waals surface area contributed by atoms with E-state index in [-0.39, 0.29) is 36.4 Å². The van der Waals surface area contributed by atoms with Crippen LogP contribution in [-0.4, -0.2) is 85.1 Å². The zero-order valence-electron chi connectivity index (χ0n) is 24.5. The van der Waals surface area contributed by atoms with Crippen LogP contribution in [0, 0.1) is 5.92 Å². The van der Waals surface area contributed by atoms with Crippen molar-refractivity contribution in [1.29, 1.82) is 0 Å². The average Bonchev–Trinajstić information content (AvgIpc) is 2.86. The number of rotatable bonds is 14. The lowest BCUT2D eigenvalue weighted by Gasteiger charge is -2.33. The van der Waals surface area contributed by atoms with Crippen LogP contribution in [-0.2, 0) is 20.9 Å². The van der Waals surface area contributed by atoms with Gasteiger partial charge in [0.2, 0.25) is 5.91 Å². The summed E-state index contributed by atoms with van der Waals surface area (Å²) in [6, 6.07) is 4.94.